The number of carbonyl (C=O) groups is 1. The van der Waals surface area contributed by atoms with Gasteiger partial charge in [0.1, 0.15) is 11.6 Å². The Morgan fingerprint density at radius 1 is 1.25 bits per heavy atom. The molecule has 0 aliphatic rings. The van der Waals surface area contributed by atoms with Crippen molar-refractivity contribution < 1.29 is 9.18 Å². The topological polar surface area (TPSA) is 101 Å². The Morgan fingerprint density at radius 2 is 1.96 bits per heavy atom. The molecule has 1 aromatic carbocycles. The largest absolute Gasteiger partial charge is 0.383 e. The van der Waals surface area contributed by atoms with Crippen molar-refractivity contribution in [2.75, 3.05) is 17.2 Å². The van der Waals surface area contributed by atoms with Crippen molar-refractivity contribution in [1.29, 1.82) is 0 Å². The molecule has 150 valence electrons. The number of unbranched alkanes of at least 4 members (excludes halogenated alkanes) is 1. The molecule has 7 nitrogen and oxygen atoms in total. The van der Waals surface area contributed by atoms with Gasteiger partial charge in [-0.3, -0.25) is 19.1 Å². The third kappa shape index (κ3) is 4.76. The third-order valence-corrected chi connectivity index (χ3v) is 4.24. The van der Waals surface area contributed by atoms with Crippen molar-refractivity contribution >= 4 is 23.5 Å². The van der Waals surface area contributed by atoms with E-state index >= 15 is 0 Å². The van der Waals surface area contributed by atoms with Gasteiger partial charge in [0.15, 0.2) is 5.69 Å². The molecule has 0 aliphatic carbocycles. The highest BCUT2D eigenvalue weighted by Crippen LogP contribution is 2.19. The molecule has 2 aromatic rings. The number of hydrogen-bond acceptors (Lipinski definition) is 4. The average Bonchev–Trinajstić information content (AvgIpc) is 2.66. The van der Waals surface area contributed by atoms with Crippen LogP contribution in [0.25, 0.3) is 6.08 Å². The Kier molecular flexibility index (Phi) is 7.31. The van der Waals surface area contributed by atoms with Crippen LogP contribution < -0.4 is 21.9 Å². The summed E-state index contributed by atoms with van der Waals surface area (Å²) in [5.74, 6) is -1.03. The molecule has 0 spiro atoms. The van der Waals surface area contributed by atoms with Crippen molar-refractivity contribution in [1.82, 2.24) is 9.55 Å². The minimum atomic E-state index is -0.724. The van der Waals surface area contributed by atoms with Crippen molar-refractivity contribution in [2.45, 2.75) is 39.7 Å². The van der Waals surface area contributed by atoms with Crippen LogP contribution in [-0.2, 0) is 11.3 Å². The lowest BCUT2D eigenvalue weighted by Gasteiger charge is -2.23. The summed E-state index contributed by atoms with van der Waals surface area (Å²) in [6.07, 6.45) is 4.59. The number of halogens is 1. The molecule has 28 heavy (non-hydrogen) atoms. The van der Waals surface area contributed by atoms with Crippen LogP contribution in [0.5, 0.6) is 0 Å². The summed E-state index contributed by atoms with van der Waals surface area (Å²) in [7, 11) is 0. The lowest BCUT2D eigenvalue weighted by molar-refractivity contribution is -0.114. The summed E-state index contributed by atoms with van der Waals surface area (Å²) in [5, 5.41) is 0. The number of nitrogens with two attached hydrogens (primary N) is 1. The zero-order valence-corrected chi connectivity index (χ0v) is 16.1. The highest BCUT2D eigenvalue weighted by Gasteiger charge is 2.22. The Hall–Kier alpha value is -3.16. The summed E-state index contributed by atoms with van der Waals surface area (Å²) < 4.78 is 15.0. The molecular formula is C20H25FN4O3. The molecule has 0 fully saturated rings. The van der Waals surface area contributed by atoms with E-state index in [1.807, 2.05) is 13.8 Å². The number of nitrogens with one attached hydrogen (secondary N) is 1. The second-order valence-corrected chi connectivity index (χ2v) is 6.34. The molecule has 1 heterocycles. The SMILES string of the molecule is CCCCN(C(=O)/C=C/c1ccccc1F)c1c(N)n(CCC)c(=O)[nH]c1=O. The molecule has 0 bridgehead atoms. The van der Waals surface area contributed by atoms with Crippen molar-refractivity contribution in [3.63, 3.8) is 0 Å². The zero-order chi connectivity index (χ0) is 20.7. The van der Waals surface area contributed by atoms with Gasteiger partial charge in [-0.1, -0.05) is 38.5 Å². The Bertz CT molecular complexity index is 978. The fourth-order valence-electron chi connectivity index (χ4n) is 2.79. The minimum Gasteiger partial charge on any atom is -0.383 e. The highest BCUT2D eigenvalue weighted by atomic mass is 19.1. The number of benzene rings is 1. The predicted octanol–water partition coefficient (Wildman–Crippen LogP) is 2.51. The Labute approximate surface area is 162 Å². The van der Waals surface area contributed by atoms with Crippen LogP contribution in [-0.4, -0.2) is 22.0 Å². The number of nitrogen functional groups attached to an aromatic ring is 1. The number of hydrogen-bond donors (Lipinski definition) is 2. The minimum absolute atomic E-state index is 0.0562. The van der Waals surface area contributed by atoms with Gasteiger partial charge in [0, 0.05) is 24.7 Å². The molecule has 1 amide bonds. The van der Waals surface area contributed by atoms with Gasteiger partial charge in [-0.25, -0.2) is 9.18 Å². The third-order valence-electron chi connectivity index (χ3n) is 4.24. The molecule has 8 heteroatoms. The normalized spacial score (nSPS) is 11.1. The maximum absolute atomic E-state index is 13.8. The summed E-state index contributed by atoms with van der Waals surface area (Å²) in [6, 6.07) is 6.05. The van der Waals surface area contributed by atoms with E-state index in [0.717, 1.165) is 6.42 Å². The molecule has 0 unspecified atom stereocenters. The summed E-state index contributed by atoms with van der Waals surface area (Å²) in [4.78, 5) is 40.7. The second kappa shape index (κ2) is 9.68. The van der Waals surface area contributed by atoms with Crippen LogP contribution >= 0.6 is 0 Å². The number of aromatic nitrogens is 2. The monoisotopic (exact) mass is 388 g/mol. The summed E-state index contributed by atoms with van der Waals surface area (Å²) in [6.45, 7) is 4.38. The first-order chi connectivity index (χ1) is 13.4. The quantitative estimate of drug-likeness (QED) is 0.679. The maximum atomic E-state index is 13.8. The van der Waals surface area contributed by atoms with Gasteiger partial charge in [0.05, 0.1) is 0 Å². The molecule has 0 saturated heterocycles. The van der Waals surface area contributed by atoms with Crippen molar-refractivity contribution in [3.05, 3.63) is 62.6 Å². The Balaban J connectivity index is 2.48. The van der Waals surface area contributed by atoms with E-state index in [4.69, 9.17) is 5.73 Å². The highest BCUT2D eigenvalue weighted by molar-refractivity contribution is 6.05. The molecular weight excluding hydrogens is 363 g/mol. The van der Waals surface area contributed by atoms with Gasteiger partial charge >= 0.3 is 5.69 Å². The van der Waals surface area contributed by atoms with Gasteiger partial charge in [-0.2, -0.15) is 0 Å². The molecule has 2 rings (SSSR count). The molecule has 0 atom stereocenters. The van der Waals surface area contributed by atoms with E-state index in [1.165, 1.54) is 33.8 Å². The lowest BCUT2D eigenvalue weighted by atomic mass is 10.2. The van der Waals surface area contributed by atoms with Gasteiger partial charge in [-0.05, 0) is 25.0 Å². The second-order valence-electron chi connectivity index (χ2n) is 6.34. The number of rotatable bonds is 8. The fourth-order valence-corrected chi connectivity index (χ4v) is 2.79. The number of amides is 1. The first-order valence-electron chi connectivity index (χ1n) is 9.27. The molecule has 3 N–H and O–H groups in total. The summed E-state index contributed by atoms with van der Waals surface area (Å²) >= 11 is 0. The number of anilines is 2. The first kappa shape index (κ1) is 21.1. The van der Waals surface area contributed by atoms with Crippen molar-refractivity contribution in [3.8, 4) is 0 Å². The van der Waals surface area contributed by atoms with Gasteiger partial charge in [0.2, 0.25) is 0 Å². The number of H-pyrrole nitrogens is 1. The Morgan fingerprint density at radius 3 is 2.61 bits per heavy atom. The molecule has 0 aliphatic heterocycles. The van der Waals surface area contributed by atoms with E-state index in [1.54, 1.807) is 12.1 Å². The number of aromatic amines is 1. The van der Waals surface area contributed by atoms with Crippen LogP contribution in [0, 0.1) is 5.82 Å². The molecule has 1 aromatic heterocycles. The van der Waals surface area contributed by atoms with E-state index in [2.05, 4.69) is 4.98 Å². The van der Waals surface area contributed by atoms with Crippen LogP contribution in [0.15, 0.2) is 39.9 Å². The standard InChI is InChI=1S/C20H25FN4O3/c1-3-5-13-24(16(26)11-10-14-8-6-7-9-15(14)21)17-18(22)25(12-4-2)20(28)23-19(17)27/h6-11H,3-5,12-13,22H2,1-2H3,(H,23,27,28)/b11-10+. The number of carbonyl (C=O) groups excluding carboxylic acids is 1. The van der Waals surface area contributed by atoms with Gasteiger partial charge < -0.3 is 10.6 Å². The van der Waals surface area contributed by atoms with Crippen LogP contribution in [0.2, 0.25) is 0 Å². The van der Waals surface area contributed by atoms with Crippen molar-refractivity contribution in [2.24, 2.45) is 0 Å². The molecule has 0 radical (unpaired) electrons. The average molecular weight is 388 g/mol. The smallest absolute Gasteiger partial charge is 0.330 e. The van der Waals surface area contributed by atoms with E-state index < -0.39 is 23.0 Å². The lowest BCUT2D eigenvalue weighted by Crippen LogP contribution is -2.41. The fraction of sp³-hybridized carbons (Fsp3) is 0.350. The van der Waals surface area contributed by atoms with E-state index in [-0.39, 0.29) is 23.6 Å². The van der Waals surface area contributed by atoms with E-state index in [0.29, 0.717) is 19.4 Å². The first-order valence-corrected chi connectivity index (χ1v) is 9.27. The van der Waals surface area contributed by atoms with Crippen LogP contribution in [0.4, 0.5) is 15.9 Å². The van der Waals surface area contributed by atoms with Gasteiger partial charge in [0.25, 0.3) is 11.5 Å². The summed E-state index contributed by atoms with van der Waals surface area (Å²) in [5.41, 5.74) is 4.93. The number of nitrogens with zero attached hydrogens (tertiary/aromatic N) is 2. The van der Waals surface area contributed by atoms with Crippen LogP contribution in [0.3, 0.4) is 0 Å². The zero-order valence-electron chi connectivity index (χ0n) is 16.1. The maximum Gasteiger partial charge on any atom is 0.330 e. The van der Waals surface area contributed by atoms with Gasteiger partial charge in [-0.15, -0.1) is 0 Å². The van der Waals surface area contributed by atoms with E-state index in [9.17, 15) is 18.8 Å². The predicted molar refractivity (Wildman–Crippen MR) is 109 cm³/mol. The van der Waals surface area contributed by atoms with Crippen LogP contribution in [0.1, 0.15) is 38.7 Å². The molecule has 0 saturated carbocycles.